The lowest BCUT2D eigenvalue weighted by Gasteiger charge is -2.19. The molecule has 0 aliphatic heterocycles. The molecule has 0 aromatic carbocycles. The van der Waals surface area contributed by atoms with Gasteiger partial charge in [0, 0.05) is 13.0 Å². The Kier molecular flexibility index (Phi) is 8.32. The van der Waals surface area contributed by atoms with Gasteiger partial charge in [0.2, 0.25) is 5.91 Å². The molecule has 6 nitrogen and oxygen atoms in total. The van der Waals surface area contributed by atoms with Crippen LogP contribution >= 0.6 is 0 Å². The maximum Gasteiger partial charge on any atom is 0.328 e. The van der Waals surface area contributed by atoms with Gasteiger partial charge in [-0.3, -0.25) is 4.79 Å². The van der Waals surface area contributed by atoms with E-state index in [1.54, 1.807) is 0 Å². The van der Waals surface area contributed by atoms with Crippen molar-refractivity contribution in [3.8, 4) is 0 Å². The second-order valence-corrected chi connectivity index (χ2v) is 4.53. The van der Waals surface area contributed by atoms with Crippen LogP contribution in [0.15, 0.2) is 0 Å². The van der Waals surface area contributed by atoms with Gasteiger partial charge in [-0.25, -0.2) is 4.79 Å². The number of aliphatic hydroxyl groups is 1. The van der Waals surface area contributed by atoms with E-state index in [2.05, 4.69) is 12.2 Å². The largest absolute Gasteiger partial charge is 0.480 e. The third-order valence-electron chi connectivity index (χ3n) is 2.68. The Morgan fingerprint density at radius 1 is 1.33 bits per heavy atom. The van der Waals surface area contributed by atoms with E-state index in [-0.39, 0.29) is 12.3 Å². The summed E-state index contributed by atoms with van der Waals surface area (Å²) in [5, 5.41) is 20.3. The molecule has 2 unspecified atom stereocenters. The Labute approximate surface area is 108 Å². The Morgan fingerprint density at radius 3 is 2.39 bits per heavy atom. The van der Waals surface area contributed by atoms with Crippen LogP contribution in [0, 0.1) is 0 Å². The fraction of sp³-hybridized carbons (Fsp3) is 0.833. The summed E-state index contributed by atoms with van der Waals surface area (Å²) in [7, 11) is 1.92. The summed E-state index contributed by atoms with van der Waals surface area (Å²) in [4.78, 5) is 24.3. The molecule has 0 saturated heterocycles. The summed E-state index contributed by atoms with van der Waals surface area (Å²) in [5.74, 6) is -1.58. The maximum atomic E-state index is 11.5. The minimum absolute atomic E-state index is 0.233. The van der Waals surface area contributed by atoms with E-state index in [1.165, 1.54) is 6.92 Å². The topological polar surface area (TPSA) is 89.9 Å². The number of carboxylic acid groups (broad SMARTS) is 1. The van der Waals surface area contributed by atoms with Crippen LogP contribution in [0.1, 0.15) is 33.1 Å². The van der Waals surface area contributed by atoms with Gasteiger partial charge in [-0.2, -0.15) is 0 Å². The first kappa shape index (κ1) is 16.9. The lowest BCUT2D eigenvalue weighted by atomic mass is 10.2. The molecule has 0 rings (SSSR count). The molecule has 2 atom stereocenters. The van der Waals surface area contributed by atoms with Gasteiger partial charge >= 0.3 is 5.97 Å². The number of nitrogens with zero attached hydrogens (tertiary/aromatic N) is 1. The lowest BCUT2D eigenvalue weighted by molar-refractivity contribution is -0.144. The maximum absolute atomic E-state index is 11.5. The van der Waals surface area contributed by atoms with Gasteiger partial charge in [0.15, 0.2) is 6.04 Å². The van der Waals surface area contributed by atoms with Gasteiger partial charge in [-0.05, 0) is 26.9 Å². The number of aliphatic hydroxyl groups excluding tert-OH is 1. The van der Waals surface area contributed by atoms with Crippen molar-refractivity contribution in [2.75, 3.05) is 20.1 Å². The van der Waals surface area contributed by atoms with Gasteiger partial charge in [0.25, 0.3) is 0 Å². The van der Waals surface area contributed by atoms with Crippen LogP contribution in [-0.4, -0.2) is 59.3 Å². The molecule has 0 saturated carbocycles. The van der Waals surface area contributed by atoms with Crippen molar-refractivity contribution in [2.24, 2.45) is 0 Å². The predicted octanol–water partition coefficient (Wildman–Crippen LogP) is 0.0586. The minimum atomic E-state index is -1.24. The van der Waals surface area contributed by atoms with Crippen molar-refractivity contribution in [1.82, 2.24) is 10.2 Å². The highest BCUT2D eigenvalue weighted by molar-refractivity contribution is 5.83. The molecule has 0 spiro atoms. The molecule has 6 heteroatoms. The zero-order valence-corrected chi connectivity index (χ0v) is 11.3. The second-order valence-electron chi connectivity index (χ2n) is 4.53. The predicted molar refractivity (Wildman–Crippen MR) is 68.3 cm³/mol. The summed E-state index contributed by atoms with van der Waals surface area (Å²) in [6, 6.07) is -1.24. The first-order valence-corrected chi connectivity index (χ1v) is 6.27. The summed E-state index contributed by atoms with van der Waals surface area (Å²) < 4.78 is 0. The van der Waals surface area contributed by atoms with Crippen LogP contribution in [0.25, 0.3) is 0 Å². The van der Waals surface area contributed by atoms with E-state index in [1.807, 2.05) is 11.9 Å². The first-order valence-electron chi connectivity index (χ1n) is 6.27. The molecule has 0 heterocycles. The van der Waals surface area contributed by atoms with Crippen LogP contribution in [-0.2, 0) is 9.59 Å². The summed E-state index contributed by atoms with van der Waals surface area (Å²) in [5.41, 5.74) is 0. The fourth-order valence-corrected chi connectivity index (χ4v) is 1.47. The van der Waals surface area contributed by atoms with E-state index >= 15 is 0 Å². The Hall–Kier alpha value is -1.14. The van der Waals surface area contributed by atoms with Crippen molar-refractivity contribution in [2.45, 2.75) is 45.3 Å². The number of carbonyl (C=O) groups is 2. The summed E-state index contributed by atoms with van der Waals surface area (Å²) in [6.45, 7) is 4.94. The molecule has 0 fully saturated rings. The van der Waals surface area contributed by atoms with E-state index in [0.717, 1.165) is 19.4 Å². The van der Waals surface area contributed by atoms with Crippen molar-refractivity contribution in [3.05, 3.63) is 0 Å². The average Bonchev–Trinajstić information content (AvgIpc) is 2.29. The lowest BCUT2D eigenvalue weighted by Crippen LogP contribution is -2.48. The zero-order chi connectivity index (χ0) is 14.1. The number of hydrogen-bond donors (Lipinski definition) is 3. The molecule has 106 valence electrons. The normalized spacial score (nSPS) is 14.3. The van der Waals surface area contributed by atoms with Crippen LogP contribution in [0.4, 0.5) is 0 Å². The number of carbonyl (C=O) groups excluding carboxylic acids is 1. The van der Waals surface area contributed by atoms with Crippen LogP contribution in [0.2, 0.25) is 0 Å². The highest BCUT2D eigenvalue weighted by Gasteiger charge is 2.24. The SMILES string of the molecule is CCCCN(C)CCC(=O)NC(C(=O)O)C(C)O. The fourth-order valence-electron chi connectivity index (χ4n) is 1.47. The van der Waals surface area contributed by atoms with E-state index in [0.29, 0.717) is 6.54 Å². The number of carboxylic acids is 1. The van der Waals surface area contributed by atoms with Crippen LogP contribution in [0.3, 0.4) is 0 Å². The molecular formula is C12H24N2O4. The van der Waals surface area contributed by atoms with Crippen LogP contribution in [0.5, 0.6) is 0 Å². The van der Waals surface area contributed by atoms with Gasteiger partial charge in [-0.1, -0.05) is 13.3 Å². The van der Waals surface area contributed by atoms with Crippen molar-refractivity contribution in [1.29, 1.82) is 0 Å². The molecule has 0 bridgehead atoms. The third kappa shape index (κ3) is 7.24. The van der Waals surface area contributed by atoms with Gasteiger partial charge < -0.3 is 20.4 Å². The number of amides is 1. The number of unbranched alkanes of at least 4 members (excludes halogenated alkanes) is 1. The highest BCUT2D eigenvalue weighted by Crippen LogP contribution is 1.97. The number of rotatable bonds is 9. The van der Waals surface area contributed by atoms with Gasteiger partial charge in [0.1, 0.15) is 0 Å². The number of aliphatic carboxylic acids is 1. The highest BCUT2D eigenvalue weighted by atomic mass is 16.4. The molecule has 0 aliphatic rings. The monoisotopic (exact) mass is 260 g/mol. The second kappa shape index (κ2) is 8.88. The minimum Gasteiger partial charge on any atom is -0.480 e. The van der Waals surface area contributed by atoms with Crippen molar-refractivity contribution >= 4 is 11.9 Å². The molecule has 0 aromatic rings. The van der Waals surface area contributed by atoms with E-state index in [4.69, 9.17) is 5.11 Å². The summed E-state index contributed by atoms with van der Waals surface area (Å²) in [6.07, 6.45) is 1.30. The van der Waals surface area contributed by atoms with E-state index < -0.39 is 18.1 Å². The number of hydrogen-bond acceptors (Lipinski definition) is 4. The van der Waals surface area contributed by atoms with Gasteiger partial charge in [-0.15, -0.1) is 0 Å². The molecule has 3 N–H and O–H groups in total. The zero-order valence-electron chi connectivity index (χ0n) is 11.3. The first-order chi connectivity index (χ1) is 8.38. The van der Waals surface area contributed by atoms with Crippen molar-refractivity contribution in [3.63, 3.8) is 0 Å². The standard InChI is InChI=1S/C12H24N2O4/c1-4-5-7-14(3)8-6-10(16)13-11(9(2)15)12(17)18/h9,11,15H,4-8H2,1-3H3,(H,13,16)(H,17,18). The Bertz CT molecular complexity index is 269. The molecule has 1 amide bonds. The Balaban J connectivity index is 3.99. The van der Waals surface area contributed by atoms with Crippen molar-refractivity contribution < 1.29 is 19.8 Å². The molecule has 18 heavy (non-hydrogen) atoms. The smallest absolute Gasteiger partial charge is 0.328 e. The van der Waals surface area contributed by atoms with Crippen LogP contribution < -0.4 is 5.32 Å². The average molecular weight is 260 g/mol. The molecular weight excluding hydrogens is 236 g/mol. The quantitative estimate of drug-likeness (QED) is 0.545. The molecule has 0 aliphatic carbocycles. The molecule has 0 aromatic heterocycles. The number of nitrogens with one attached hydrogen (secondary N) is 1. The van der Waals surface area contributed by atoms with Gasteiger partial charge in [0.05, 0.1) is 6.10 Å². The Morgan fingerprint density at radius 2 is 1.94 bits per heavy atom. The summed E-state index contributed by atoms with van der Waals surface area (Å²) >= 11 is 0. The third-order valence-corrected chi connectivity index (χ3v) is 2.68. The molecule has 0 radical (unpaired) electrons. The van der Waals surface area contributed by atoms with E-state index in [9.17, 15) is 14.7 Å².